The van der Waals surface area contributed by atoms with E-state index in [-0.39, 0.29) is 0 Å². The summed E-state index contributed by atoms with van der Waals surface area (Å²) >= 11 is 0. The third-order valence-electron chi connectivity index (χ3n) is 3.72. The van der Waals surface area contributed by atoms with Crippen LogP contribution in [-0.2, 0) is 0 Å². The fourth-order valence-electron chi connectivity index (χ4n) is 2.54. The molecular formula is C22H29N5. The topological polar surface area (TPSA) is 66.3 Å². The molecule has 142 valence electrons. The number of benzene rings is 1. The first-order valence-corrected chi connectivity index (χ1v) is 8.83. The SMILES string of the molecule is C=C/C=N\C(=C/C)N1C=C/C(=C/N=C)C1=Nc1ccccc1C(C)C.CN. The zero-order valence-electron chi connectivity index (χ0n) is 16.6. The Morgan fingerprint density at radius 1 is 1.22 bits per heavy atom. The maximum atomic E-state index is 4.92. The summed E-state index contributed by atoms with van der Waals surface area (Å²) in [5, 5.41) is 0. The van der Waals surface area contributed by atoms with Crippen LogP contribution in [0.25, 0.3) is 0 Å². The lowest BCUT2D eigenvalue weighted by Crippen LogP contribution is -2.21. The van der Waals surface area contributed by atoms with Gasteiger partial charge in [-0.1, -0.05) is 44.7 Å². The van der Waals surface area contributed by atoms with Crippen LogP contribution in [0.3, 0.4) is 0 Å². The van der Waals surface area contributed by atoms with Gasteiger partial charge in [0.15, 0.2) is 0 Å². The second-order valence-corrected chi connectivity index (χ2v) is 5.76. The van der Waals surface area contributed by atoms with Crippen molar-refractivity contribution in [2.24, 2.45) is 20.7 Å². The molecule has 1 heterocycles. The van der Waals surface area contributed by atoms with Crippen LogP contribution in [0.1, 0.15) is 32.3 Å². The maximum Gasteiger partial charge on any atom is 0.147 e. The molecule has 5 heteroatoms. The Bertz CT molecular complexity index is 795. The normalized spacial score (nSPS) is 17.0. The molecule has 0 atom stereocenters. The van der Waals surface area contributed by atoms with Gasteiger partial charge >= 0.3 is 0 Å². The van der Waals surface area contributed by atoms with Crippen LogP contribution in [0.5, 0.6) is 0 Å². The first-order chi connectivity index (χ1) is 13.1. The molecule has 1 aromatic rings. The van der Waals surface area contributed by atoms with Crippen LogP contribution in [0, 0.1) is 0 Å². The fraction of sp³-hybridized carbons (Fsp3) is 0.227. The van der Waals surface area contributed by atoms with E-state index < -0.39 is 0 Å². The second kappa shape index (κ2) is 11.5. The Hall–Kier alpha value is -3.05. The van der Waals surface area contributed by atoms with Crippen LogP contribution >= 0.6 is 0 Å². The van der Waals surface area contributed by atoms with E-state index >= 15 is 0 Å². The average Bonchev–Trinajstić information content (AvgIpc) is 3.07. The van der Waals surface area contributed by atoms with Gasteiger partial charge in [0.05, 0.1) is 5.69 Å². The fourth-order valence-corrected chi connectivity index (χ4v) is 2.54. The number of hydrogen-bond donors (Lipinski definition) is 1. The van der Waals surface area contributed by atoms with Crippen molar-refractivity contribution >= 4 is 24.5 Å². The van der Waals surface area contributed by atoms with Gasteiger partial charge in [-0.25, -0.2) is 9.98 Å². The highest BCUT2D eigenvalue weighted by molar-refractivity contribution is 6.06. The summed E-state index contributed by atoms with van der Waals surface area (Å²) in [6.07, 6.45) is 10.8. The van der Waals surface area contributed by atoms with Crippen LogP contribution in [0.4, 0.5) is 5.69 Å². The molecule has 0 bridgehead atoms. The zero-order valence-corrected chi connectivity index (χ0v) is 16.6. The van der Waals surface area contributed by atoms with Crippen molar-refractivity contribution in [1.29, 1.82) is 0 Å². The van der Waals surface area contributed by atoms with Gasteiger partial charge in [0, 0.05) is 24.2 Å². The van der Waals surface area contributed by atoms with E-state index in [9.17, 15) is 0 Å². The third-order valence-corrected chi connectivity index (χ3v) is 3.72. The predicted molar refractivity (Wildman–Crippen MR) is 119 cm³/mol. The van der Waals surface area contributed by atoms with E-state index in [0.717, 1.165) is 22.9 Å². The van der Waals surface area contributed by atoms with Gasteiger partial charge in [-0.15, -0.1) is 0 Å². The van der Waals surface area contributed by atoms with Gasteiger partial charge in [0.1, 0.15) is 11.7 Å². The van der Waals surface area contributed by atoms with E-state index in [0.29, 0.717) is 5.92 Å². The summed E-state index contributed by atoms with van der Waals surface area (Å²) in [5.74, 6) is 1.92. The minimum atomic E-state index is 0.383. The summed E-state index contributed by atoms with van der Waals surface area (Å²) in [6, 6.07) is 8.18. The van der Waals surface area contributed by atoms with E-state index in [1.165, 1.54) is 12.6 Å². The minimum Gasteiger partial charge on any atom is -0.333 e. The highest BCUT2D eigenvalue weighted by atomic mass is 15.3. The number of allylic oxidation sites excluding steroid dienone is 2. The van der Waals surface area contributed by atoms with Crippen LogP contribution < -0.4 is 5.73 Å². The molecule has 2 N–H and O–H groups in total. The van der Waals surface area contributed by atoms with E-state index in [1.807, 2.05) is 48.4 Å². The predicted octanol–water partition coefficient (Wildman–Crippen LogP) is 4.95. The van der Waals surface area contributed by atoms with E-state index in [1.54, 1.807) is 18.5 Å². The molecule has 0 fully saturated rings. The molecule has 27 heavy (non-hydrogen) atoms. The first-order valence-electron chi connectivity index (χ1n) is 8.83. The standard InChI is InChI=1S/C21H24N4.CH5N/c1-6-13-23-20(7-2)25-14-12-17(15-22-5)21(25)24-19-11-9-8-10-18(19)16(3)4;1-2/h6-16H,1,5H2,2-4H3;2H2,1H3/b17-15-,20-7+,23-13-,24-21?;. The number of hydrogen-bond acceptors (Lipinski definition) is 4. The molecule has 5 nitrogen and oxygen atoms in total. The average molecular weight is 364 g/mol. The molecule has 0 radical (unpaired) electrons. The minimum absolute atomic E-state index is 0.383. The molecule has 0 saturated carbocycles. The molecule has 1 aliphatic heterocycles. The molecule has 0 aromatic heterocycles. The van der Waals surface area contributed by atoms with Gasteiger partial charge in [-0.3, -0.25) is 9.89 Å². The van der Waals surface area contributed by atoms with Gasteiger partial charge in [-0.2, -0.15) is 0 Å². The Morgan fingerprint density at radius 2 is 1.93 bits per heavy atom. The van der Waals surface area contributed by atoms with Gasteiger partial charge < -0.3 is 5.73 Å². The Labute approximate surface area is 162 Å². The Kier molecular flexibility index (Phi) is 9.40. The monoisotopic (exact) mass is 363 g/mol. The van der Waals surface area contributed by atoms with Crippen LogP contribution in [-0.4, -0.2) is 30.7 Å². The second-order valence-electron chi connectivity index (χ2n) is 5.76. The summed E-state index contributed by atoms with van der Waals surface area (Å²) < 4.78 is 0. The molecule has 0 amide bonds. The van der Waals surface area contributed by atoms with Crippen molar-refractivity contribution in [2.75, 3.05) is 7.05 Å². The van der Waals surface area contributed by atoms with Gasteiger partial charge in [0.2, 0.25) is 0 Å². The molecule has 0 spiro atoms. The van der Waals surface area contributed by atoms with Crippen molar-refractivity contribution in [3.05, 3.63) is 78.4 Å². The number of nitrogens with zero attached hydrogens (tertiary/aromatic N) is 4. The molecule has 0 aliphatic carbocycles. The molecule has 1 aliphatic rings. The Morgan fingerprint density at radius 3 is 2.52 bits per heavy atom. The number of aliphatic imine (C=N–C) groups is 3. The lowest BCUT2D eigenvalue weighted by Gasteiger charge is -2.19. The summed E-state index contributed by atoms with van der Waals surface area (Å²) in [4.78, 5) is 15.2. The number of amidine groups is 1. The quantitative estimate of drug-likeness (QED) is 0.727. The number of para-hydroxylation sites is 1. The molecular weight excluding hydrogens is 334 g/mol. The van der Waals surface area contributed by atoms with Crippen LogP contribution in [0.15, 0.2) is 87.8 Å². The largest absolute Gasteiger partial charge is 0.333 e. The van der Waals surface area contributed by atoms with Crippen molar-refractivity contribution in [2.45, 2.75) is 26.7 Å². The number of rotatable bonds is 6. The lowest BCUT2D eigenvalue weighted by molar-refractivity contribution is 0.691. The van der Waals surface area contributed by atoms with Crippen molar-refractivity contribution in [1.82, 2.24) is 4.90 Å². The summed E-state index contributed by atoms with van der Waals surface area (Å²) in [7, 11) is 1.50. The van der Waals surface area contributed by atoms with Crippen LogP contribution in [0.2, 0.25) is 0 Å². The van der Waals surface area contributed by atoms with Gasteiger partial charge in [0.25, 0.3) is 0 Å². The van der Waals surface area contributed by atoms with Crippen molar-refractivity contribution in [3.8, 4) is 0 Å². The van der Waals surface area contributed by atoms with E-state index in [2.05, 4.69) is 48.9 Å². The smallest absolute Gasteiger partial charge is 0.147 e. The molecule has 2 rings (SSSR count). The zero-order chi connectivity index (χ0) is 20.2. The summed E-state index contributed by atoms with van der Waals surface area (Å²) in [5.41, 5.74) is 7.53. The van der Waals surface area contributed by atoms with Crippen molar-refractivity contribution in [3.63, 3.8) is 0 Å². The number of nitrogens with two attached hydrogens (primary N) is 1. The highest BCUT2D eigenvalue weighted by Gasteiger charge is 2.22. The highest BCUT2D eigenvalue weighted by Crippen LogP contribution is 2.30. The van der Waals surface area contributed by atoms with E-state index in [4.69, 9.17) is 4.99 Å². The Balaban J connectivity index is 0.00000176. The van der Waals surface area contributed by atoms with Gasteiger partial charge in [-0.05, 0) is 50.4 Å². The van der Waals surface area contributed by atoms with Crippen molar-refractivity contribution < 1.29 is 0 Å². The lowest BCUT2D eigenvalue weighted by atomic mass is 10.0. The molecule has 0 saturated heterocycles. The third kappa shape index (κ3) is 5.72. The first kappa shape index (κ1) is 22.0. The maximum absolute atomic E-state index is 4.92. The molecule has 1 aromatic carbocycles. The molecule has 0 unspecified atom stereocenters. The summed E-state index contributed by atoms with van der Waals surface area (Å²) in [6.45, 7) is 13.5.